The van der Waals surface area contributed by atoms with Gasteiger partial charge in [0, 0.05) is 11.9 Å². The van der Waals surface area contributed by atoms with Crippen LogP contribution < -0.4 is 16.7 Å². The lowest BCUT2D eigenvalue weighted by Gasteiger charge is -1.95. The Balaban J connectivity index is 0.000000181. The van der Waals surface area contributed by atoms with Crippen molar-refractivity contribution in [2.45, 2.75) is 0 Å². The normalized spacial score (nSPS) is 12.9. The number of rotatable bonds is 0. The second-order valence-electron chi connectivity index (χ2n) is 3.52. The molecule has 88 valence electrons. The van der Waals surface area contributed by atoms with Gasteiger partial charge in [0.25, 0.3) is 0 Å². The fourth-order valence-corrected chi connectivity index (χ4v) is 1.40. The summed E-state index contributed by atoms with van der Waals surface area (Å²) in [6, 6.07) is 8.86. The molecule has 2 aromatic rings. The quantitative estimate of drug-likeness (QED) is 0.663. The molecular formula is C12H13N3O2. The minimum Gasteiger partial charge on any atom is -0.421 e. The Bertz CT molecular complexity index is 584. The fourth-order valence-electron chi connectivity index (χ4n) is 1.40. The van der Waals surface area contributed by atoms with Crippen molar-refractivity contribution in [3.63, 3.8) is 0 Å². The third-order valence-electron chi connectivity index (χ3n) is 2.24. The number of nitrogen functional groups attached to an aromatic ring is 1. The Labute approximate surface area is 98.0 Å². The molecule has 1 aliphatic rings. The van der Waals surface area contributed by atoms with Gasteiger partial charge in [-0.25, -0.2) is 4.79 Å². The lowest BCUT2D eigenvalue weighted by Crippen LogP contribution is -2.05. The number of anilines is 1. The van der Waals surface area contributed by atoms with Gasteiger partial charge < -0.3 is 15.5 Å². The molecule has 1 aliphatic heterocycles. The van der Waals surface area contributed by atoms with Gasteiger partial charge in [-0.05, 0) is 12.1 Å². The molecule has 0 radical (unpaired) electrons. The van der Waals surface area contributed by atoms with E-state index in [0.717, 1.165) is 18.5 Å². The number of fused-ring (bicyclic) bond motifs is 1. The number of para-hydroxylation sites is 1. The molecule has 1 aromatic heterocycles. The minimum absolute atomic E-state index is 0.147. The van der Waals surface area contributed by atoms with Gasteiger partial charge in [-0.1, -0.05) is 18.2 Å². The molecule has 3 N–H and O–H groups in total. The van der Waals surface area contributed by atoms with E-state index in [-0.39, 0.29) is 5.69 Å². The van der Waals surface area contributed by atoms with Crippen LogP contribution in [0, 0.1) is 0 Å². The van der Waals surface area contributed by atoms with Crippen LogP contribution in [0.4, 0.5) is 5.69 Å². The molecule has 5 nitrogen and oxygen atoms in total. The van der Waals surface area contributed by atoms with Gasteiger partial charge in [-0.3, -0.25) is 4.99 Å². The highest BCUT2D eigenvalue weighted by molar-refractivity contribution is 5.78. The van der Waals surface area contributed by atoms with Crippen LogP contribution in [0.15, 0.2) is 44.5 Å². The van der Waals surface area contributed by atoms with Gasteiger partial charge in [0.15, 0.2) is 0 Å². The van der Waals surface area contributed by atoms with Crippen molar-refractivity contribution in [3.8, 4) is 0 Å². The zero-order valence-electron chi connectivity index (χ0n) is 9.22. The highest BCUT2D eigenvalue weighted by atomic mass is 16.4. The van der Waals surface area contributed by atoms with E-state index in [1.165, 1.54) is 0 Å². The predicted octanol–water partition coefficient (Wildman–Crippen LogP) is 0.993. The van der Waals surface area contributed by atoms with Crippen molar-refractivity contribution in [2.75, 3.05) is 18.8 Å². The summed E-state index contributed by atoms with van der Waals surface area (Å²) in [7, 11) is 0. The SMILES string of the molecule is C1=NCCN1.Nc1cc2ccccc2oc1=O. The Morgan fingerprint density at radius 2 is 2.18 bits per heavy atom. The van der Waals surface area contributed by atoms with E-state index in [1.54, 1.807) is 18.5 Å². The smallest absolute Gasteiger partial charge is 0.359 e. The first-order chi connectivity index (χ1) is 8.27. The molecular weight excluding hydrogens is 218 g/mol. The second-order valence-corrected chi connectivity index (χ2v) is 3.52. The van der Waals surface area contributed by atoms with E-state index in [1.807, 2.05) is 18.2 Å². The zero-order chi connectivity index (χ0) is 12.1. The van der Waals surface area contributed by atoms with Gasteiger partial charge in [0.2, 0.25) is 0 Å². The first kappa shape index (κ1) is 11.2. The highest BCUT2D eigenvalue weighted by Gasteiger charge is 1.98. The fraction of sp³-hybridized carbons (Fsp3) is 0.167. The summed E-state index contributed by atoms with van der Waals surface area (Å²) in [6.07, 6.45) is 1.74. The van der Waals surface area contributed by atoms with Crippen LogP contribution in [0.5, 0.6) is 0 Å². The van der Waals surface area contributed by atoms with Crippen LogP contribution in [0.25, 0.3) is 11.0 Å². The van der Waals surface area contributed by atoms with E-state index < -0.39 is 5.63 Å². The number of hydrogen-bond acceptors (Lipinski definition) is 5. The molecule has 3 rings (SSSR count). The number of nitrogens with two attached hydrogens (primary N) is 1. The molecule has 0 unspecified atom stereocenters. The van der Waals surface area contributed by atoms with Crippen LogP contribution in [-0.2, 0) is 0 Å². The maximum atomic E-state index is 10.9. The summed E-state index contributed by atoms with van der Waals surface area (Å²) in [5.41, 5.74) is 5.61. The second kappa shape index (κ2) is 5.16. The highest BCUT2D eigenvalue weighted by Crippen LogP contribution is 2.12. The van der Waals surface area contributed by atoms with E-state index in [4.69, 9.17) is 10.2 Å². The molecule has 1 aromatic carbocycles. The average molecular weight is 231 g/mol. The molecule has 0 saturated heterocycles. The summed E-state index contributed by atoms with van der Waals surface area (Å²) in [6.45, 7) is 1.99. The number of benzene rings is 1. The predicted molar refractivity (Wildman–Crippen MR) is 68.3 cm³/mol. The summed E-state index contributed by atoms with van der Waals surface area (Å²) in [5, 5.41) is 3.77. The van der Waals surface area contributed by atoms with Crippen molar-refractivity contribution in [3.05, 3.63) is 40.8 Å². The summed E-state index contributed by atoms with van der Waals surface area (Å²) in [5.74, 6) is 0. The van der Waals surface area contributed by atoms with Gasteiger partial charge in [-0.2, -0.15) is 0 Å². The van der Waals surface area contributed by atoms with Crippen molar-refractivity contribution < 1.29 is 4.42 Å². The van der Waals surface area contributed by atoms with Gasteiger partial charge >= 0.3 is 5.63 Å². The first-order valence-corrected chi connectivity index (χ1v) is 5.27. The number of nitrogens with zero attached hydrogens (tertiary/aromatic N) is 1. The van der Waals surface area contributed by atoms with E-state index in [2.05, 4.69) is 10.3 Å². The molecule has 0 bridgehead atoms. The third kappa shape index (κ3) is 2.84. The number of nitrogens with one attached hydrogen (secondary N) is 1. The zero-order valence-corrected chi connectivity index (χ0v) is 9.22. The molecule has 0 aliphatic carbocycles. The average Bonchev–Trinajstić information content (AvgIpc) is 2.89. The van der Waals surface area contributed by atoms with Crippen molar-refractivity contribution in [1.82, 2.24) is 5.32 Å². The maximum Gasteiger partial charge on any atom is 0.359 e. The van der Waals surface area contributed by atoms with E-state index in [0.29, 0.717) is 5.58 Å². The maximum absolute atomic E-state index is 10.9. The summed E-state index contributed by atoms with van der Waals surface area (Å²) >= 11 is 0. The van der Waals surface area contributed by atoms with Crippen LogP contribution in [-0.4, -0.2) is 19.4 Å². The molecule has 5 heteroatoms. The molecule has 0 fully saturated rings. The Morgan fingerprint density at radius 3 is 2.82 bits per heavy atom. The molecule has 2 heterocycles. The summed E-state index contributed by atoms with van der Waals surface area (Å²) < 4.78 is 4.91. The lowest BCUT2D eigenvalue weighted by atomic mass is 10.2. The van der Waals surface area contributed by atoms with Crippen molar-refractivity contribution in [1.29, 1.82) is 0 Å². The molecule has 17 heavy (non-hydrogen) atoms. The van der Waals surface area contributed by atoms with Crippen LogP contribution >= 0.6 is 0 Å². The van der Waals surface area contributed by atoms with Gasteiger partial charge in [0.1, 0.15) is 11.3 Å². The molecule has 0 spiro atoms. The largest absolute Gasteiger partial charge is 0.421 e. The molecule has 0 amide bonds. The van der Waals surface area contributed by atoms with Crippen LogP contribution in [0.2, 0.25) is 0 Å². The monoisotopic (exact) mass is 231 g/mol. The van der Waals surface area contributed by atoms with Crippen LogP contribution in [0.1, 0.15) is 0 Å². The number of aliphatic imine (C=N–C) groups is 1. The molecule has 0 atom stereocenters. The van der Waals surface area contributed by atoms with Crippen molar-refractivity contribution in [2.24, 2.45) is 4.99 Å². The van der Waals surface area contributed by atoms with Gasteiger partial charge in [-0.15, -0.1) is 0 Å². The standard InChI is InChI=1S/C9H7NO2.C3H6N2/c10-7-5-6-3-1-2-4-8(6)12-9(7)11;1-2-5-3-4-1/h1-5H,10H2;3H,1-2H2,(H,4,5). The van der Waals surface area contributed by atoms with Crippen LogP contribution in [0.3, 0.4) is 0 Å². The third-order valence-corrected chi connectivity index (χ3v) is 2.24. The minimum atomic E-state index is -0.478. The van der Waals surface area contributed by atoms with Crippen molar-refractivity contribution >= 4 is 23.0 Å². The topological polar surface area (TPSA) is 80.6 Å². The Kier molecular flexibility index (Phi) is 3.40. The van der Waals surface area contributed by atoms with E-state index in [9.17, 15) is 4.79 Å². The van der Waals surface area contributed by atoms with E-state index >= 15 is 0 Å². The lowest BCUT2D eigenvalue weighted by molar-refractivity contribution is 0.564. The number of hydrogen-bond donors (Lipinski definition) is 2. The first-order valence-electron chi connectivity index (χ1n) is 5.27. The Hall–Kier alpha value is -2.30. The van der Waals surface area contributed by atoms with Gasteiger partial charge in [0.05, 0.1) is 12.9 Å². The molecule has 0 saturated carbocycles. The Morgan fingerprint density at radius 1 is 1.35 bits per heavy atom. The summed E-state index contributed by atoms with van der Waals surface area (Å²) in [4.78, 5) is 14.8.